The molecule has 2 aliphatic carbocycles. The molecule has 0 bridgehead atoms. The Bertz CT molecular complexity index is 543. The molecule has 0 radical (unpaired) electrons. The molecule has 0 aliphatic heterocycles. The van der Waals surface area contributed by atoms with Gasteiger partial charge in [-0.25, -0.2) is 0 Å². The van der Waals surface area contributed by atoms with Crippen LogP contribution in [0.25, 0.3) is 0 Å². The molecule has 0 N–H and O–H groups in total. The first-order valence-electron chi connectivity index (χ1n) is 9.41. The van der Waals surface area contributed by atoms with Gasteiger partial charge in [-0.3, -0.25) is 9.59 Å². The van der Waals surface area contributed by atoms with Crippen LogP contribution in [0.2, 0.25) is 0 Å². The Hall–Kier alpha value is -1.38. The average Bonchev–Trinajstić information content (AvgIpc) is 2.81. The maximum atomic E-state index is 12.4. The smallest absolute Gasteiger partial charge is 0.306 e. The van der Waals surface area contributed by atoms with Gasteiger partial charge in [-0.05, 0) is 37.7 Å². The summed E-state index contributed by atoms with van der Waals surface area (Å²) < 4.78 is 5.78. The number of allylic oxidation sites excluding steroid dienone is 3. The average molecular weight is 332 g/mol. The standard InChI is InChI=1S/C21H32O3/c1-6-19(24-20(23)11-10-14(2)3)15(4)17-13-18(22)16-9-7-8-12-21(16,17)5/h7,9,13-16,19H,6,8,10-12H2,1-5H3/t15?,16?,19?,21-/m0/s1. The van der Waals surface area contributed by atoms with E-state index in [-0.39, 0.29) is 35.1 Å². The first kappa shape index (κ1) is 19.0. The van der Waals surface area contributed by atoms with E-state index in [9.17, 15) is 9.59 Å². The van der Waals surface area contributed by atoms with Gasteiger partial charge in [0.2, 0.25) is 0 Å². The summed E-state index contributed by atoms with van der Waals surface area (Å²) in [4.78, 5) is 24.5. The number of esters is 1. The summed E-state index contributed by atoms with van der Waals surface area (Å²) in [5.74, 6) is 0.647. The lowest BCUT2D eigenvalue weighted by Crippen LogP contribution is -2.35. The summed E-state index contributed by atoms with van der Waals surface area (Å²) in [5.41, 5.74) is 1.06. The minimum Gasteiger partial charge on any atom is -0.462 e. The van der Waals surface area contributed by atoms with Crippen molar-refractivity contribution in [1.29, 1.82) is 0 Å². The molecule has 0 amide bonds. The topological polar surface area (TPSA) is 43.4 Å². The van der Waals surface area contributed by atoms with E-state index in [1.165, 1.54) is 5.57 Å². The summed E-state index contributed by atoms with van der Waals surface area (Å²) in [7, 11) is 0. The second-order valence-corrected chi connectivity index (χ2v) is 8.02. The highest BCUT2D eigenvalue weighted by Gasteiger charge is 2.48. The summed E-state index contributed by atoms with van der Waals surface area (Å²) in [6.45, 7) is 10.6. The van der Waals surface area contributed by atoms with Gasteiger partial charge in [-0.2, -0.15) is 0 Å². The lowest BCUT2D eigenvalue weighted by atomic mass is 9.66. The molecule has 3 nitrogen and oxygen atoms in total. The SMILES string of the molecule is CCC(OC(=O)CCC(C)C)C(C)C1=CC(=O)C2C=CCC[C@]12C. The fraction of sp³-hybridized carbons (Fsp3) is 0.714. The van der Waals surface area contributed by atoms with Gasteiger partial charge in [0.25, 0.3) is 0 Å². The zero-order valence-corrected chi connectivity index (χ0v) is 15.8. The minimum atomic E-state index is -0.148. The van der Waals surface area contributed by atoms with Crippen LogP contribution in [0, 0.1) is 23.2 Å². The molecule has 3 heteroatoms. The summed E-state index contributed by atoms with van der Waals surface area (Å²) in [6.07, 6.45) is 9.98. The molecule has 2 rings (SSSR count). The quantitative estimate of drug-likeness (QED) is 0.494. The molecule has 0 fully saturated rings. The van der Waals surface area contributed by atoms with Crippen molar-refractivity contribution in [2.75, 3.05) is 0 Å². The predicted molar refractivity (Wildman–Crippen MR) is 96.5 cm³/mol. The van der Waals surface area contributed by atoms with Crippen LogP contribution < -0.4 is 0 Å². The number of hydrogen-bond acceptors (Lipinski definition) is 3. The Balaban J connectivity index is 2.09. The third-order valence-corrected chi connectivity index (χ3v) is 5.77. The van der Waals surface area contributed by atoms with Gasteiger partial charge in [-0.15, -0.1) is 0 Å². The summed E-state index contributed by atoms with van der Waals surface area (Å²) >= 11 is 0. The predicted octanol–water partition coefficient (Wildman–Crippen LogP) is 4.86. The largest absolute Gasteiger partial charge is 0.462 e. The molecule has 0 aromatic carbocycles. The van der Waals surface area contributed by atoms with Crippen LogP contribution in [0.1, 0.15) is 66.7 Å². The highest BCUT2D eigenvalue weighted by atomic mass is 16.5. The monoisotopic (exact) mass is 332 g/mol. The lowest BCUT2D eigenvalue weighted by Gasteiger charge is -2.39. The van der Waals surface area contributed by atoms with Gasteiger partial charge in [0, 0.05) is 23.7 Å². The van der Waals surface area contributed by atoms with E-state index in [0.717, 1.165) is 25.7 Å². The van der Waals surface area contributed by atoms with Crippen LogP contribution in [0.4, 0.5) is 0 Å². The number of carbonyl (C=O) groups excluding carboxylic acids is 2. The van der Waals surface area contributed by atoms with Gasteiger partial charge in [0.1, 0.15) is 6.10 Å². The Morgan fingerprint density at radius 1 is 1.38 bits per heavy atom. The molecule has 0 aromatic rings. The summed E-state index contributed by atoms with van der Waals surface area (Å²) in [6, 6.07) is 0. The molecule has 3 unspecified atom stereocenters. The molecule has 0 saturated heterocycles. The van der Waals surface area contributed by atoms with E-state index in [0.29, 0.717) is 12.3 Å². The highest BCUT2D eigenvalue weighted by Crippen LogP contribution is 2.51. The second-order valence-electron chi connectivity index (χ2n) is 8.02. The van der Waals surface area contributed by atoms with Crippen molar-refractivity contribution < 1.29 is 14.3 Å². The molecular formula is C21H32O3. The maximum Gasteiger partial charge on any atom is 0.306 e. The number of ether oxygens (including phenoxy) is 1. The molecule has 0 heterocycles. The molecule has 134 valence electrons. The molecule has 0 saturated carbocycles. The van der Waals surface area contributed by atoms with Crippen molar-refractivity contribution in [1.82, 2.24) is 0 Å². The van der Waals surface area contributed by atoms with E-state index < -0.39 is 0 Å². The number of fused-ring (bicyclic) bond motifs is 1. The van der Waals surface area contributed by atoms with Gasteiger partial charge < -0.3 is 4.74 Å². The van der Waals surface area contributed by atoms with Crippen LogP contribution in [0.3, 0.4) is 0 Å². The second kappa shape index (κ2) is 7.67. The number of carbonyl (C=O) groups is 2. The van der Waals surface area contributed by atoms with Crippen molar-refractivity contribution >= 4 is 11.8 Å². The van der Waals surface area contributed by atoms with Crippen LogP contribution >= 0.6 is 0 Å². The van der Waals surface area contributed by atoms with Crippen LogP contribution in [0.15, 0.2) is 23.8 Å². The Kier molecular flexibility index (Phi) is 6.06. The molecule has 2 aliphatic rings. The normalized spacial score (nSPS) is 28.5. The zero-order chi connectivity index (χ0) is 17.9. The molecule has 24 heavy (non-hydrogen) atoms. The Morgan fingerprint density at radius 3 is 2.71 bits per heavy atom. The maximum absolute atomic E-state index is 12.4. The van der Waals surface area contributed by atoms with Gasteiger partial charge in [0.05, 0.1) is 0 Å². The molecular weight excluding hydrogens is 300 g/mol. The highest BCUT2D eigenvalue weighted by molar-refractivity contribution is 5.98. The van der Waals surface area contributed by atoms with E-state index in [4.69, 9.17) is 4.74 Å². The lowest BCUT2D eigenvalue weighted by molar-refractivity contribution is -0.151. The zero-order valence-electron chi connectivity index (χ0n) is 15.8. The van der Waals surface area contributed by atoms with E-state index in [1.807, 2.05) is 6.08 Å². The first-order chi connectivity index (χ1) is 11.3. The fourth-order valence-corrected chi connectivity index (χ4v) is 4.15. The number of rotatable bonds is 7. The van der Waals surface area contributed by atoms with E-state index in [2.05, 4.69) is 46.8 Å². The Labute approximate surface area is 146 Å². The molecule has 0 aromatic heterocycles. The third kappa shape index (κ3) is 3.81. The van der Waals surface area contributed by atoms with Crippen molar-refractivity contribution in [2.24, 2.45) is 23.2 Å². The first-order valence-corrected chi connectivity index (χ1v) is 9.41. The number of ketones is 1. The van der Waals surface area contributed by atoms with Crippen molar-refractivity contribution in [2.45, 2.75) is 72.8 Å². The fourth-order valence-electron chi connectivity index (χ4n) is 4.15. The third-order valence-electron chi connectivity index (χ3n) is 5.77. The summed E-state index contributed by atoms with van der Waals surface area (Å²) in [5, 5.41) is 0. The van der Waals surface area contributed by atoms with Crippen molar-refractivity contribution in [3.63, 3.8) is 0 Å². The van der Waals surface area contributed by atoms with Crippen molar-refractivity contribution in [3.8, 4) is 0 Å². The van der Waals surface area contributed by atoms with Crippen LogP contribution in [-0.2, 0) is 14.3 Å². The molecule has 0 spiro atoms. The van der Waals surface area contributed by atoms with E-state index in [1.54, 1.807) is 0 Å². The van der Waals surface area contributed by atoms with Crippen LogP contribution in [0.5, 0.6) is 0 Å². The van der Waals surface area contributed by atoms with Gasteiger partial charge in [0.15, 0.2) is 5.78 Å². The van der Waals surface area contributed by atoms with Crippen LogP contribution in [-0.4, -0.2) is 17.9 Å². The Morgan fingerprint density at radius 2 is 2.08 bits per heavy atom. The molecule has 4 atom stereocenters. The van der Waals surface area contributed by atoms with Crippen molar-refractivity contribution in [3.05, 3.63) is 23.8 Å². The van der Waals surface area contributed by atoms with Gasteiger partial charge >= 0.3 is 5.97 Å². The number of hydrogen-bond donors (Lipinski definition) is 0. The van der Waals surface area contributed by atoms with Gasteiger partial charge in [-0.1, -0.05) is 52.3 Å². The minimum absolute atomic E-state index is 0.0298. The van der Waals surface area contributed by atoms with E-state index >= 15 is 0 Å².